The highest BCUT2D eigenvalue weighted by molar-refractivity contribution is 7.99. The van der Waals surface area contributed by atoms with Crippen LogP contribution in [0.3, 0.4) is 0 Å². The Morgan fingerprint density at radius 2 is 2.18 bits per heavy atom. The van der Waals surface area contributed by atoms with E-state index in [1.165, 1.54) is 16.2 Å². The highest BCUT2D eigenvalue weighted by Crippen LogP contribution is 2.38. The zero-order valence-electron chi connectivity index (χ0n) is 10.4. The molecule has 1 aromatic rings. The first-order valence-corrected chi connectivity index (χ1v) is 7.67. The van der Waals surface area contributed by atoms with Crippen molar-refractivity contribution < 1.29 is 0 Å². The Kier molecular flexibility index (Phi) is 4.78. The van der Waals surface area contributed by atoms with E-state index in [1.54, 1.807) is 0 Å². The molecule has 0 fully saturated rings. The van der Waals surface area contributed by atoms with Crippen molar-refractivity contribution in [3.05, 3.63) is 29.8 Å². The van der Waals surface area contributed by atoms with Crippen LogP contribution in [0.4, 0.5) is 0 Å². The van der Waals surface area contributed by atoms with Gasteiger partial charge in [0.15, 0.2) is 0 Å². The van der Waals surface area contributed by atoms with Gasteiger partial charge in [-0.05, 0) is 17.5 Å². The summed E-state index contributed by atoms with van der Waals surface area (Å²) >= 11 is 8.20. The summed E-state index contributed by atoms with van der Waals surface area (Å²) in [7, 11) is 0. The lowest BCUT2D eigenvalue weighted by Gasteiger charge is -2.16. The molecular weight excluding hydrogens is 250 g/mol. The molecule has 0 saturated carbocycles. The van der Waals surface area contributed by atoms with Gasteiger partial charge in [-0.1, -0.05) is 32.0 Å². The summed E-state index contributed by atoms with van der Waals surface area (Å²) in [4.78, 5) is 1.45. The van der Waals surface area contributed by atoms with Crippen LogP contribution in [0.5, 0.6) is 0 Å². The Labute approximate surface area is 113 Å². The number of rotatable bonds is 5. The average molecular weight is 270 g/mol. The monoisotopic (exact) mass is 269 g/mol. The zero-order chi connectivity index (χ0) is 12.3. The minimum Gasteiger partial charge on any atom is -0.315 e. The molecule has 0 spiro atoms. The van der Waals surface area contributed by atoms with Crippen molar-refractivity contribution in [2.45, 2.75) is 30.0 Å². The van der Waals surface area contributed by atoms with Crippen molar-refractivity contribution in [3.8, 4) is 0 Å². The lowest BCUT2D eigenvalue weighted by atomic mass is 10.0. The molecule has 17 heavy (non-hydrogen) atoms. The number of nitrogens with one attached hydrogen (secondary N) is 1. The van der Waals surface area contributed by atoms with Crippen LogP contribution in [0.25, 0.3) is 0 Å². The van der Waals surface area contributed by atoms with Gasteiger partial charge in [0, 0.05) is 35.0 Å². The van der Waals surface area contributed by atoms with E-state index in [4.69, 9.17) is 11.6 Å². The number of halogens is 1. The topological polar surface area (TPSA) is 12.0 Å². The van der Waals surface area contributed by atoms with E-state index < -0.39 is 0 Å². The van der Waals surface area contributed by atoms with Gasteiger partial charge in [-0.3, -0.25) is 0 Å². The van der Waals surface area contributed by atoms with E-state index >= 15 is 0 Å². The quantitative estimate of drug-likeness (QED) is 0.818. The third-order valence-electron chi connectivity index (χ3n) is 3.25. The fourth-order valence-corrected chi connectivity index (χ4v) is 3.39. The van der Waals surface area contributed by atoms with Gasteiger partial charge in [0.05, 0.1) is 0 Å². The summed E-state index contributed by atoms with van der Waals surface area (Å²) in [6.07, 6.45) is 0. The molecule has 0 aliphatic carbocycles. The molecule has 1 nitrogen and oxygen atoms in total. The Morgan fingerprint density at radius 3 is 2.94 bits per heavy atom. The first kappa shape index (κ1) is 13.3. The second-order valence-corrected chi connectivity index (χ2v) is 6.59. The minimum absolute atomic E-state index is 0.235. The Bertz CT molecular complexity index is 367. The number of fused-ring (bicyclic) bond motifs is 1. The van der Waals surface area contributed by atoms with Crippen molar-refractivity contribution in [2.24, 2.45) is 5.92 Å². The predicted molar refractivity (Wildman–Crippen MR) is 77.3 cm³/mol. The third kappa shape index (κ3) is 3.40. The minimum atomic E-state index is 0.235. The summed E-state index contributed by atoms with van der Waals surface area (Å²) in [6.45, 7) is 6.28. The van der Waals surface area contributed by atoms with Crippen LogP contribution in [0.1, 0.15) is 25.3 Å². The fraction of sp³-hybridized carbons (Fsp3) is 0.571. The maximum Gasteiger partial charge on any atom is 0.0483 e. The molecule has 1 heterocycles. The highest BCUT2D eigenvalue weighted by Gasteiger charge is 2.22. The average Bonchev–Trinajstić information content (AvgIpc) is 2.72. The van der Waals surface area contributed by atoms with Crippen LogP contribution >= 0.6 is 23.4 Å². The predicted octanol–water partition coefficient (Wildman–Crippen LogP) is 3.73. The summed E-state index contributed by atoms with van der Waals surface area (Å²) in [6, 6.07) is 8.73. The summed E-state index contributed by atoms with van der Waals surface area (Å²) in [5.41, 5.74) is 1.50. The standard InChI is InChI=1S/C14H20ClNS/c1-10(2)13(15)8-16-7-11-9-17-14-6-4-3-5-12(11)14/h3-6,10-11,13,16H,7-9H2,1-2H3. The molecule has 2 unspecified atom stereocenters. The van der Waals surface area contributed by atoms with E-state index in [0.717, 1.165) is 13.1 Å². The summed E-state index contributed by atoms with van der Waals surface area (Å²) in [5.74, 6) is 2.38. The number of benzene rings is 1. The van der Waals surface area contributed by atoms with E-state index in [1.807, 2.05) is 11.8 Å². The molecule has 2 atom stereocenters. The fourth-order valence-electron chi connectivity index (χ4n) is 2.03. The first-order valence-electron chi connectivity index (χ1n) is 6.25. The van der Waals surface area contributed by atoms with Crippen LogP contribution in [-0.4, -0.2) is 24.2 Å². The second-order valence-electron chi connectivity index (χ2n) is 4.96. The van der Waals surface area contributed by atoms with Crippen LogP contribution in [0.15, 0.2) is 29.2 Å². The van der Waals surface area contributed by atoms with E-state index in [9.17, 15) is 0 Å². The molecule has 0 radical (unpaired) electrons. The second kappa shape index (κ2) is 6.12. The van der Waals surface area contributed by atoms with Crippen molar-refractivity contribution in [1.29, 1.82) is 0 Å². The van der Waals surface area contributed by atoms with Crippen molar-refractivity contribution in [3.63, 3.8) is 0 Å². The molecule has 1 aromatic carbocycles. The Hall–Kier alpha value is -0.180. The van der Waals surface area contributed by atoms with Gasteiger partial charge in [-0.15, -0.1) is 23.4 Å². The molecule has 1 N–H and O–H groups in total. The van der Waals surface area contributed by atoms with Crippen molar-refractivity contribution >= 4 is 23.4 Å². The molecule has 94 valence electrons. The van der Waals surface area contributed by atoms with Gasteiger partial charge in [0.1, 0.15) is 0 Å². The molecular formula is C14H20ClNS. The number of thioether (sulfide) groups is 1. The molecule has 1 aliphatic heterocycles. The highest BCUT2D eigenvalue weighted by atomic mass is 35.5. The van der Waals surface area contributed by atoms with Gasteiger partial charge in [-0.2, -0.15) is 0 Å². The van der Waals surface area contributed by atoms with Gasteiger partial charge in [0.25, 0.3) is 0 Å². The summed E-state index contributed by atoms with van der Waals surface area (Å²) in [5, 5.41) is 3.74. The van der Waals surface area contributed by atoms with Gasteiger partial charge in [0.2, 0.25) is 0 Å². The van der Waals surface area contributed by atoms with Gasteiger partial charge < -0.3 is 5.32 Å². The molecule has 3 heteroatoms. The van der Waals surface area contributed by atoms with Crippen LogP contribution in [0, 0.1) is 5.92 Å². The molecule has 0 aromatic heterocycles. The van der Waals surface area contributed by atoms with Crippen LogP contribution in [-0.2, 0) is 0 Å². The Morgan fingerprint density at radius 1 is 1.41 bits per heavy atom. The van der Waals surface area contributed by atoms with E-state index in [2.05, 4.69) is 43.4 Å². The maximum absolute atomic E-state index is 6.23. The van der Waals surface area contributed by atoms with Crippen molar-refractivity contribution in [1.82, 2.24) is 5.32 Å². The van der Waals surface area contributed by atoms with Gasteiger partial charge >= 0.3 is 0 Å². The molecule has 0 amide bonds. The largest absolute Gasteiger partial charge is 0.315 e. The maximum atomic E-state index is 6.23. The van der Waals surface area contributed by atoms with Crippen molar-refractivity contribution in [2.75, 3.05) is 18.8 Å². The van der Waals surface area contributed by atoms with Crippen LogP contribution in [0.2, 0.25) is 0 Å². The molecule has 2 rings (SSSR count). The lowest BCUT2D eigenvalue weighted by molar-refractivity contribution is 0.531. The third-order valence-corrected chi connectivity index (χ3v) is 5.16. The molecule has 0 bridgehead atoms. The van der Waals surface area contributed by atoms with Crippen LogP contribution < -0.4 is 5.32 Å². The number of hydrogen-bond donors (Lipinski definition) is 1. The SMILES string of the molecule is CC(C)C(Cl)CNCC1CSc2ccccc21. The van der Waals surface area contributed by atoms with E-state index in [-0.39, 0.29) is 5.38 Å². The smallest absolute Gasteiger partial charge is 0.0483 e. The summed E-state index contributed by atoms with van der Waals surface area (Å²) < 4.78 is 0. The number of hydrogen-bond acceptors (Lipinski definition) is 2. The first-order chi connectivity index (χ1) is 8.18. The van der Waals surface area contributed by atoms with Gasteiger partial charge in [-0.25, -0.2) is 0 Å². The van der Waals surface area contributed by atoms with E-state index in [0.29, 0.717) is 11.8 Å². The zero-order valence-corrected chi connectivity index (χ0v) is 12.0. The molecule has 0 saturated heterocycles. The molecule has 1 aliphatic rings. The lowest BCUT2D eigenvalue weighted by Crippen LogP contribution is -2.30. The normalized spacial score (nSPS) is 20.6. The Balaban J connectivity index is 1.82. The number of alkyl halides is 1.